The SMILES string of the molecule is O=C(NNC(=O)c1n[nH]c(=O)c2ccccc12)Nc1cccc(-c2ncc3n2CCCC3)c1. The third-order valence-electron chi connectivity index (χ3n) is 5.58. The van der Waals surface area contributed by atoms with Crippen LogP contribution in [0.15, 0.2) is 59.5 Å². The highest BCUT2D eigenvalue weighted by Crippen LogP contribution is 2.26. The topological polar surface area (TPSA) is 134 Å². The molecule has 0 aliphatic carbocycles. The smallest absolute Gasteiger partial charge is 0.328 e. The maximum absolute atomic E-state index is 12.5. The van der Waals surface area contributed by atoms with Crippen LogP contribution in [0.4, 0.5) is 10.5 Å². The van der Waals surface area contributed by atoms with Crippen molar-refractivity contribution in [2.45, 2.75) is 25.8 Å². The molecule has 3 heterocycles. The summed E-state index contributed by atoms with van der Waals surface area (Å²) in [6.45, 7) is 0.933. The van der Waals surface area contributed by atoms with E-state index in [1.807, 2.05) is 24.4 Å². The number of imidazole rings is 1. The van der Waals surface area contributed by atoms with Crippen molar-refractivity contribution >= 4 is 28.4 Å². The second kappa shape index (κ2) is 8.58. The maximum atomic E-state index is 12.5. The fourth-order valence-corrected chi connectivity index (χ4v) is 4.03. The van der Waals surface area contributed by atoms with Gasteiger partial charge < -0.3 is 9.88 Å². The number of carbonyl (C=O) groups excluding carboxylic acids is 2. The van der Waals surface area contributed by atoms with E-state index in [2.05, 4.69) is 35.9 Å². The van der Waals surface area contributed by atoms with Crippen molar-refractivity contribution in [3.8, 4) is 11.4 Å². The van der Waals surface area contributed by atoms with Crippen LogP contribution >= 0.6 is 0 Å². The van der Waals surface area contributed by atoms with E-state index in [1.165, 1.54) is 12.1 Å². The molecule has 0 atom stereocenters. The predicted octanol–water partition coefficient (Wildman–Crippen LogP) is 2.59. The van der Waals surface area contributed by atoms with Crippen molar-refractivity contribution in [1.82, 2.24) is 30.6 Å². The number of fused-ring (bicyclic) bond motifs is 2. The third kappa shape index (κ3) is 4.05. The number of amides is 3. The highest BCUT2D eigenvalue weighted by atomic mass is 16.2. The van der Waals surface area contributed by atoms with E-state index in [0.717, 1.165) is 30.8 Å². The Kier molecular flexibility index (Phi) is 5.31. The molecule has 10 heteroatoms. The molecule has 33 heavy (non-hydrogen) atoms. The first kappa shape index (κ1) is 20.4. The molecule has 0 saturated heterocycles. The first-order valence-electron chi connectivity index (χ1n) is 10.6. The summed E-state index contributed by atoms with van der Waals surface area (Å²) in [5.74, 6) is 0.216. The quantitative estimate of drug-likeness (QED) is 0.361. The van der Waals surface area contributed by atoms with E-state index < -0.39 is 17.5 Å². The van der Waals surface area contributed by atoms with E-state index in [0.29, 0.717) is 16.5 Å². The number of H-pyrrole nitrogens is 1. The molecule has 2 aromatic carbocycles. The summed E-state index contributed by atoms with van der Waals surface area (Å²) >= 11 is 0. The third-order valence-corrected chi connectivity index (χ3v) is 5.58. The molecule has 0 radical (unpaired) electrons. The number of anilines is 1. The number of rotatable bonds is 3. The van der Waals surface area contributed by atoms with Crippen LogP contribution in [0.2, 0.25) is 0 Å². The lowest BCUT2D eigenvalue weighted by molar-refractivity contribution is 0.0933. The lowest BCUT2D eigenvalue weighted by atomic mass is 10.1. The number of benzene rings is 2. The molecule has 4 N–H and O–H groups in total. The highest BCUT2D eigenvalue weighted by Gasteiger charge is 2.17. The Hall–Kier alpha value is -4.47. The lowest BCUT2D eigenvalue weighted by Crippen LogP contribution is -2.44. The second-order valence-electron chi connectivity index (χ2n) is 7.74. The van der Waals surface area contributed by atoms with Crippen LogP contribution in [-0.4, -0.2) is 31.7 Å². The van der Waals surface area contributed by atoms with Crippen LogP contribution in [0.25, 0.3) is 22.2 Å². The van der Waals surface area contributed by atoms with Crippen molar-refractivity contribution in [1.29, 1.82) is 0 Å². The van der Waals surface area contributed by atoms with Crippen LogP contribution in [-0.2, 0) is 13.0 Å². The summed E-state index contributed by atoms with van der Waals surface area (Å²) < 4.78 is 2.21. The molecule has 4 aromatic rings. The average molecular weight is 443 g/mol. The van der Waals surface area contributed by atoms with Crippen LogP contribution < -0.4 is 21.7 Å². The molecule has 3 amide bonds. The Morgan fingerprint density at radius 1 is 1.00 bits per heavy atom. The summed E-state index contributed by atoms with van der Waals surface area (Å²) in [5, 5.41) is 9.52. The van der Waals surface area contributed by atoms with E-state index in [-0.39, 0.29) is 5.69 Å². The normalized spacial score (nSPS) is 12.7. The zero-order chi connectivity index (χ0) is 22.8. The minimum absolute atomic E-state index is 0.00317. The molecular weight excluding hydrogens is 422 g/mol. The van der Waals surface area contributed by atoms with Gasteiger partial charge in [0, 0.05) is 35.1 Å². The maximum Gasteiger partial charge on any atom is 0.337 e. The molecule has 166 valence electrons. The Morgan fingerprint density at radius 2 is 1.85 bits per heavy atom. The average Bonchev–Trinajstić information content (AvgIpc) is 3.27. The number of urea groups is 1. The van der Waals surface area contributed by atoms with Crippen molar-refractivity contribution in [2.24, 2.45) is 0 Å². The molecule has 2 aromatic heterocycles. The van der Waals surface area contributed by atoms with Crippen molar-refractivity contribution in [3.05, 3.63) is 76.5 Å². The van der Waals surface area contributed by atoms with Gasteiger partial charge in [0.1, 0.15) is 5.82 Å². The van der Waals surface area contributed by atoms with Crippen LogP contribution in [0.3, 0.4) is 0 Å². The molecule has 0 fully saturated rings. The minimum atomic E-state index is -0.657. The lowest BCUT2D eigenvalue weighted by Gasteiger charge is -2.17. The molecule has 5 rings (SSSR count). The number of aromatic nitrogens is 4. The van der Waals surface area contributed by atoms with Crippen LogP contribution in [0.5, 0.6) is 0 Å². The summed E-state index contributed by atoms with van der Waals surface area (Å²) in [6.07, 6.45) is 5.22. The minimum Gasteiger partial charge on any atom is -0.328 e. The van der Waals surface area contributed by atoms with Gasteiger partial charge in [0.2, 0.25) is 0 Å². The number of carbonyl (C=O) groups is 2. The van der Waals surface area contributed by atoms with Gasteiger partial charge in [0.15, 0.2) is 5.69 Å². The zero-order valence-corrected chi connectivity index (χ0v) is 17.6. The Balaban J connectivity index is 1.26. The van der Waals surface area contributed by atoms with Gasteiger partial charge in [-0.2, -0.15) is 5.10 Å². The van der Waals surface area contributed by atoms with Crippen LogP contribution in [0.1, 0.15) is 29.0 Å². The monoisotopic (exact) mass is 443 g/mol. The summed E-state index contributed by atoms with van der Waals surface area (Å²) in [6, 6.07) is 13.3. The van der Waals surface area contributed by atoms with Gasteiger partial charge in [0.05, 0.1) is 5.39 Å². The summed E-state index contributed by atoms with van der Waals surface area (Å²) in [5.41, 5.74) is 6.90. The first-order valence-corrected chi connectivity index (χ1v) is 10.6. The van der Waals surface area contributed by atoms with Crippen LogP contribution in [0, 0.1) is 0 Å². The number of nitrogens with one attached hydrogen (secondary N) is 4. The predicted molar refractivity (Wildman–Crippen MR) is 123 cm³/mol. The Bertz CT molecular complexity index is 1420. The molecule has 10 nitrogen and oxygen atoms in total. The molecule has 0 saturated carbocycles. The van der Waals surface area contributed by atoms with E-state index in [4.69, 9.17) is 0 Å². The largest absolute Gasteiger partial charge is 0.337 e. The van der Waals surface area contributed by atoms with E-state index in [9.17, 15) is 14.4 Å². The number of hydrogen-bond acceptors (Lipinski definition) is 5. The standard InChI is InChI=1S/C23H21N7O3/c31-21-18-10-2-1-9-17(18)19(26-27-21)22(32)28-29-23(33)25-15-7-5-6-14(12-15)20-24-13-16-8-3-4-11-30(16)20/h1-2,5-7,9-10,12-13H,3-4,8,11H2,(H,27,31)(H,28,32)(H2,25,29,33). The van der Waals surface area contributed by atoms with Gasteiger partial charge in [-0.25, -0.2) is 20.3 Å². The number of hydrazine groups is 1. The van der Waals surface area contributed by atoms with Gasteiger partial charge in [-0.05, 0) is 37.5 Å². The zero-order valence-electron chi connectivity index (χ0n) is 17.6. The first-order chi connectivity index (χ1) is 16.1. The molecular formula is C23H21N7O3. The Labute approximate surface area is 188 Å². The highest BCUT2D eigenvalue weighted by molar-refractivity contribution is 6.05. The molecule has 0 spiro atoms. The molecule has 0 bridgehead atoms. The van der Waals surface area contributed by atoms with Gasteiger partial charge in [-0.15, -0.1) is 0 Å². The molecule has 1 aliphatic rings. The van der Waals surface area contributed by atoms with E-state index in [1.54, 1.807) is 30.3 Å². The number of aromatic amines is 1. The van der Waals surface area contributed by atoms with Gasteiger partial charge >= 0.3 is 6.03 Å². The van der Waals surface area contributed by atoms with E-state index >= 15 is 0 Å². The van der Waals surface area contributed by atoms with Gasteiger partial charge in [0.25, 0.3) is 11.5 Å². The Morgan fingerprint density at radius 3 is 2.73 bits per heavy atom. The fourth-order valence-electron chi connectivity index (χ4n) is 4.03. The van der Waals surface area contributed by atoms with Gasteiger partial charge in [-0.1, -0.05) is 30.3 Å². The number of hydrogen-bond donors (Lipinski definition) is 4. The van der Waals surface area contributed by atoms with Gasteiger partial charge in [-0.3, -0.25) is 15.0 Å². The second-order valence-corrected chi connectivity index (χ2v) is 7.74. The molecule has 0 unspecified atom stereocenters. The number of aryl methyl sites for hydroxylation is 1. The molecule has 1 aliphatic heterocycles. The van der Waals surface area contributed by atoms with Crippen molar-refractivity contribution in [3.63, 3.8) is 0 Å². The fraction of sp³-hybridized carbons (Fsp3) is 0.174. The summed E-state index contributed by atoms with van der Waals surface area (Å²) in [4.78, 5) is 41.3. The number of nitrogens with zero attached hydrogens (tertiary/aromatic N) is 3. The van der Waals surface area contributed by atoms with Crippen molar-refractivity contribution in [2.75, 3.05) is 5.32 Å². The summed E-state index contributed by atoms with van der Waals surface area (Å²) in [7, 11) is 0. The van der Waals surface area contributed by atoms with Crippen molar-refractivity contribution < 1.29 is 9.59 Å².